The molecule has 1 aliphatic rings. The quantitative estimate of drug-likeness (QED) is 0.469. The molecule has 0 aromatic rings. The van der Waals surface area contributed by atoms with E-state index in [2.05, 4.69) is 15.6 Å². The first-order valence-electron chi connectivity index (χ1n) is 9.18. The Bertz CT molecular complexity index is 674. The molecule has 0 saturated carbocycles. The minimum atomic E-state index is -3.20. The summed E-state index contributed by atoms with van der Waals surface area (Å²) < 4.78 is 48.9. The average Bonchev–Trinajstić information content (AvgIpc) is 2.54. The van der Waals surface area contributed by atoms with Crippen molar-refractivity contribution in [2.24, 2.45) is 4.99 Å². The molecule has 0 spiro atoms. The van der Waals surface area contributed by atoms with Gasteiger partial charge in [-0.05, 0) is 47.5 Å². The van der Waals surface area contributed by atoms with Crippen LogP contribution in [0.2, 0.25) is 0 Å². The second kappa shape index (κ2) is 9.36. The Kier molecular flexibility index (Phi) is 8.34. The summed E-state index contributed by atoms with van der Waals surface area (Å²) in [6.45, 7) is 10.5. The second-order valence-electron chi connectivity index (χ2n) is 7.41. The number of sulfone groups is 1. The van der Waals surface area contributed by atoms with Gasteiger partial charge in [-0.1, -0.05) is 0 Å². The van der Waals surface area contributed by atoms with Crippen molar-refractivity contribution in [3.63, 3.8) is 0 Å². The molecule has 0 aliphatic carbocycles. The number of aliphatic imine (C=N–C) groups is 1. The Balaban J connectivity index is 2.61. The van der Waals surface area contributed by atoms with Crippen LogP contribution in [0, 0.1) is 0 Å². The van der Waals surface area contributed by atoms with Gasteiger partial charge in [0.1, 0.15) is 0 Å². The van der Waals surface area contributed by atoms with E-state index in [1.54, 1.807) is 27.7 Å². The van der Waals surface area contributed by atoms with E-state index in [1.165, 1.54) is 4.31 Å². The van der Waals surface area contributed by atoms with Gasteiger partial charge in [0, 0.05) is 25.7 Å². The summed E-state index contributed by atoms with van der Waals surface area (Å²) in [5.74, 6) is 0.700. The van der Waals surface area contributed by atoms with Crippen molar-refractivity contribution in [3.8, 4) is 0 Å². The van der Waals surface area contributed by atoms with E-state index in [0.717, 1.165) is 0 Å². The third-order valence-electron chi connectivity index (χ3n) is 4.46. The third-order valence-corrected chi connectivity index (χ3v) is 8.93. The smallest absolute Gasteiger partial charge is 0.213 e. The Morgan fingerprint density at radius 1 is 1.12 bits per heavy atom. The zero-order valence-electron chi connectivity index (χ0n) is 16.6. The van der Waals surface area contributed by atoms with Gasteiger partial charge in [-0.15, -0.1) is 0 Å². The van der Waals surface area contributed by atoms with Crippen molar-refractivity contribution in [2.75, 3.05) is 37.7 Å². The Morgan fingerprint density at radius 3 is 2.15 bits per heavy atom. The first-order chi connectivity index (χ1) is 11.9. The molecule has 0 aromatic heterocycles. The number of hydrogen-bond donors (Lipinski definition) is 2. The number of nitrogens with one attached hydrogen (secondary N) is 2. The monoisotopic (exact) mass is 410 g/mol. The fourth-order valence-corrected chi connectivity index (χ4v) is 4.63. The van der Waals surface area contributed by atoms with Crippen molar-refractivity contribution in [1.29, 1.82) is 0 Å². The molecule has 1 heterocycles. The van der Waals surface area contributed by atoms with E-state index >= 15 is 0 Å². The van der Waals surface area contributed by atoms with Gasteiger partial charge in [-0.2, -0.15) is 0 Å². The summed E-state index contributed by atoms with van der Waals surface area (Å²) in [6.07, 6.45) is 1.40. The van der Waals surface area contributed by atoms with Crippen LogP contribution in [0.4, 0.5) is 0 Å². The topological polar surface area (TPSA) is 108 Å². The molecule has 1 saturated heterocycles. The van der Waals surface area contributed by atoms with Crippen molar-refractivity contribution >= 4 is 25.8 Å². The summed E-state index contributed by atoms with van der Waals surface area (Å²) in [7, 11) is -6.34. The average molecular weight is 411 g/mol. The fraction of sp³-hybridized carbons (Fsp3) is 0.938. The Hall–Kier alpha value is -0.870. The van der Waals surface area contributed by atoms with Crippen LogP contribution >= 0.6 is 0 Å². The summed E-state index contributed by atoms with van der Waals surface area (Å²) >= 11 is 0. The van der Waals surface area contributed by atoms with E-state index in [1.807, 2.05) is 6.92 Å². The molecule has 1 aliphatic heterocycles. The van der Waals surface area contributed by atoms with Gasteiger partial charge in [-0.3, -0.25) is 4.99 Å². The lowest BCUT2D eigenvalue weighted by Crippen LogP contribution is -2.50. The number of guanidine groups is 1. The van der Waals surface area contributed by atoms with E-state index in [9.17, 15) is 16.8 Å². The second-order valence-corrected chi connectivity index (χ2v) is 12.5. The summed E-state index contributed by atoms with van der Waals surface area (Å²) in [5.41, 5.74) is 0. The van der Waals surface area contributed by atoms with Gasteiger partial charge in [0.15, 0.2) is 15.8 Å². The van der Waals surface area contributed by atoms with Gasteiger partial charge in [-0.25, -0.2) is 21.1 Å². The molecule has 2 N–H and O–H groups in total. The summed E-state index contributed by atoms with van der Waals surface area (Å²) in [4.78, 5) is 4.37. The van der Waals surface area contributed by atoms with Gasteiger partial charge in [0.2, 0.25) is 10.0 Å². The highest BCUT2D eigenvalue weighted by Gasteiger charge is 2.29. The molecule has 0 bridgehead atoms. The van der Waals surface area contributed by atoms with Crippen molar-refractivity contribution in [1.82, 2.24) is 14.9 Å². The maximum Gasteiger partial charge on any atom is 0.213 e. The first kappa shape index (κ1) is 23.2. The van der Waals surface area contributed by atoms with Crippen LogP contribution in [-0.2, 0) is 19.9 Å². The van der Waals surface area contributed by atoms with Crippen LogP contribution < -0.4 is 10.6 Å². The number of rotatable bonds is 7. The number of nitrogens with zero attached hydrogens (tertiary/aromatic N) is 2. The minimum absolute atomic E-state index is 0.000260. The van der Waals surface area contributed by atoms with Gasteiger partial charge in [0.05, 0.1) is 22.8 Å². The lowest BCUT2D eigenvalue weighted by molar-refractivity contribution is 0.306. The molecule has 0 radical (unpaired) electrons. The molecule has 0 amide bonds. The number of hydrogen-bond acceptors (Lipinski definition) is 5. The van der Waals surface area contributed by atoms with Crippen LogP contribution in [0.25, 0.3) is 0 Å². The third kappa shape index (κ3) is 6.70. The number of sulfonamides is 1. The maximum atomic E-state index is 12.2. The van der Waals surface area contributed by atoms with E-state index in [4.69, 9.17) is 0 Å². The normalized spacial score (nSPS) is 18.7. The lowest BCUT2D eigenvalue weighted by atomic mass is 10.1. The molecule has 26 heavy (non-hydrogen) atoms. The predicted molar refractivity (Wildman–Crippen MR) is 107 cm³/mol. The van der Waals surface area contributed by atoms with E-state index in [-0.39, 0.29) is 24.1 Å². The van der Waals surface area contributed by atoms with Gasteiger partial charge in [0.25, 0.3) is 0 Å². The molecule has 154 valence electrons. The van der Waals surface area contributed by atoms with Crippen LogP contribution in [-0.4, -0.2) is 75.6 Å². The molecule has 0 atom stereocenters. The molecule has 1 rings (SSSR count). The van der Waals surface area contributed by atoms with Crippen molar-refractivity contribution in [3.05, 3.63) is 0 Å². The fourth-order valence-electron chi connectivity index (χ4n) is 2.56. The van der Waals surface area contributed by atoms with Crippen molar-refractivity contribution < 1.29 is 16.8 Å². The van der Waals surface area contributed by atoms with Crippen LogP contribution in [0.5, 0.6) is 0 Å². The van der Waals surface area contributed by atoms with Crippen LogP contribution in [0.3, 0.4) is 0 Å². The Labute approximate surface area is 158 Å². The minimum Gasteiger partial charge on any atom is -0.357 e. The largest absolute Gasteiger partial charge is 0.357 e. The predicted octanol–water partition coefficient (Wildman–Crippen LogP) is 0.569. The molecule has 0 unspecified atom stereocenters. The highest BCUT2D eigenvalue weighted by Crippen LogP contribution is 2.16. The van der Waals surface area contributed by atoms with Crippen LogP contribution in [0.15, 0.2) is 4.99 Å². The van der Waals surface area contributed by atoms with E-state index < -0.39 is 24.6 Å². The molecule has 10 heteroatoms. The summed E-state index contributed by atoms with van der Waals surface area (Å²) in [5, 5.41) is 6.41. The maximum absolute atomic E-state index is 12.2. The van der Waals surface area contributed by atoms with Crippen LogP contribution in [0.1, 0.15) is 47.5 Å². The molecule has 1 fully saturated rings. The zero-order chi connectivity index (χ0) is 20.0. The molecule has 0 aromatic carbocycles. The lowest BCUT2D eigenvalue weighted by Gasteiger charge is -2.32. The van der Waals surface area contributed by atoms with Gasteiger partial charge < -0.3 is 10.6 Å². The first-order valence-corrected chi connectivity index (χ1v) is 12.4. The van der Waals surface area contributed by atoms with Gasteiger partial charge >= 0.3 is 0 Å². The highest BCUT2D eigenvalue weighted by molar-refractivity contribution is 7.92. The van der Waals surface area contributed by atoms with Crippen molar-refractivity contribution in [2.45, 2.75) is 58.2 Å². The van der Waals surface area contributed by atoms with E-state index in [0.29, 0.717) is 38.4 Å². The molecular weight excluding hydrogens is 376 g/mol. The zero-order valence-corrected chi connectivity index (χ0v) is 18.2. The SMILES string of the molecule is CCNC(=NCCS(=O)(=O)C(C)(C)C)NC1CCN(S(=O)(=O)CC)CC1. The number of piperidine rings is 1. The Morgan fingerprint density at radius 2 is 1.69 bits per heavy atom. The highest BCUT2D eigenvalue weighted by atomic mass is 32.2. The standard InChI is InChI=1S/C16H34N4O4S2/c1-6-17-15(18-10-13-25(21,22)16(3,4)5)19-14-8-11-20(12-9-14)26(23,24)7-2/h14H,6-13H2,1-5H3,(H2,17,18,19). The summed E-state index contributed by atoms with van der Waals surface area (Å²) in [6, 6.07) is 0.121. The molecular formula is C16H34N4O4S2. The molecule has 8 nitrogen and oxygen atoms in total.